The number of thiazole rings is 1. The Bertz CT molecular complexity index is 414. The highest BCUT2D eigenvalue weighted by Crippen LogP contribution is 2.23. The maximum Gasteiger partial charge on any atom is 0.123 e. The first-order valence-corrected chi connectivity index (χ1v) is 5.60. The molecule has 1 radical (unpaired) electrons. The van der Waals surface area contributed by atoms with E-state index in [1.54, 1.807) is 11.3 Å². The summed E-state index contributed by atoms with van der Waals surface area (Å²) in [5.74, 6) is 0. The second-order valence-corrected chi connectivity index (χ2v) is 4.11. The first-order chi connectivity index (χ1) is 6.79. The summed E-state index contributed by atoms with van der Waals surface area (Å²) in [6.07, 6.45) is 1.04. The van der Waals surface area contributed by atoms with Crippen molar-refractivity contribution in [2.45, 2.75) is 20.3 Å². The molecule has 0 aliphatic heterocycles. The highest BCUT2D eigenvalue weighted by molar-refractivity contribution is 7.13. The Hall–Kier alpha value is -1.15. The van der Waals surface area contributed by atoms with Crippen molar-refractivity contribution in [3.8, 4) is 10.6 Å². The summed E-state index contributed by atoms with van der Waals surface area (Å²) in [6, 6.07) is 9.52. The number of aromatic nitrogens is 1. The molecule has 0 fully saturated rings. The van der Waals surface area contributed by atoms with Crippen molar-refractivity contribution in [3.05, 3.63) is 40.9 Å². The molecule has 0 saturated carbocycles. The van der Waals surface area contributed by atoms with Crippen LogP contribution in [0.25, 0.3) is 10.6 Å². The van der Waals surface area contributed by atoms with Crippen molar-refractivity contribution in [1.82, 2.24) is 4.98 Å². The van der Waals surface area contributed by atoms with Gasteiger partial charge in [-0.1, -0.05) is 19.1 Å². The third-order valence-electron chi connectivity index (χ3n) is 2.12. The number of nitrogens with zero attached hydrogens (tertiary/aromatic N) is 1. The van der Waals surface area contributed by atoms with E-state index >= 15 is 0 Å². The average molecular weight is 202 g/mol. The lowest BCUT2D eigenvalue weighted by atomic mass is 10.1. The Morgan fingerprint density at radius 3 is 2.79 bits per heavy atom. The Labute approximate surface area is 88.4 Å². The average Bonchev–Trinajstić information content (AvgIpc) is 2.65. The monoisotopic (exact) mass is 202 g/mol. The molecule has 0 aliphatic carbocycles. The van der Waals surface area contributed by atoms with Crippen LogP contribution >= 0.6 is 11.3 Å². The van der Waals surface area contributed by atoms with Gasteiger partial charge in [0.05, 0.1) is 0 Å². The minimum absolute atomic E-state index is 1.04. The maximum absolute atomic E-state index is 4.43. The number of hydrogen-bond donors (Lipinski definition) is 0. The highest BCUT2D eigenvalue weighted by Gasteiger charge is 2.01. The smallest absolute Gasteiger partial charge is 0.123 e. The second kappa shape index (κ2) is 3.93. The predicted octanol–water partition coefficient (Wildman–Crippen LogP) is 3.48. The fourth-order valence-electron chi connectivity index (χ4n) is 1.30. The second-order valence-electron chi connectivity index (χ2n) is 3.25. The van der Waals surface area contributed by atoms with Crippen LogP contribution in [0.15, 0.2) is 23.6 Å². The van der Waals surface area contributed by atoms with Crippen molar-refractivity contribution < 1.29 is 0 Å². The molecule has 1 aromatic heterocycles. The van der Waals surface area contributed by atoms with Crippen LogP contribution < -0.4 is 0 Å². The summed E-state index contributed by atoms with van der Waals surface area (Å²) in [5, 5.41) is 3.16. The van der Waals surface area contributed by atoms with Crippen molar-refractivity contribution >= 4 is 11.3 Å². The van der Waals surface area contributed by atoms with E-state index in [9.17, 15) is 0 Å². The van der Waals surface area contributed by atoms with Crippen LogP contribution in [0.3, 0.4) is 0 Å². The van der Waals surface area contributed by atoms with E-state index in [1.165, 1.54) is 11.1 Å². The minimum Gasteiger partial charge on any atom is -0.241 e. The van der Waals surface area contributed by atoms with E-state index < -0.39 is 0 Å². The van der Waals surface area contributed by atoms with Crippen LogP contribution in [-0.2, 0) is 6.42 Å². The zero-order chi connectivity index (χ0) is 9.97. The first-order valence-electron chi connectivity index (χ1n) is 4.72. The Kier molecular flexibility index (Phi) is 2.64. The third-order valence-corrected chi connectivity index (χ3v) is 3.13. The molecule has 0 spiro atoms. The van der Waals surface area contributed by atoms with Gasteiger partial charge in [0.25, 0.3) is 0 Å². The molecule has 2 heteroatoms. The van der Waals surface area contributed by atoms with E-state index in [2.05, 4.69) is 35.5 Å². The van der Waals surface area contributed by atoms with Crippen LogP contribution in [0.5, 0.6) is 0 Å². The Morgan fingerprint density at radius 1 is 1.43 bits per heavy atom. The summed E-state index contributed by atoms with van der Waals surface area (Å²) in [5.41, 5.74) is 3.51. The molecule has 0 atom stereocenters. The first kappa shape index (κ1) is 9.41. The van der Waals surface area contributed by atoms with Gasteiger partial charge in [0.1, 0.15) is 5.01 Å². The summed E-state index contributed by atoms with van der Waals surface area (Å²) >= 11 is 1.68. The highest BCUT2D eigenvalue weighted by atomic mass is 32.1. The maximum atomic E-state index is 4.43. The van der Waals surface area contributed by atoms with Crippen molar-refractivity contribution in [2.75, 3.05) is 0 Å². The predicted molar refractivity (Wildman–Crippen MR) is 60.5 cm³/mol. The van der Waals surface area contributed by atoms with Crippen molar-refractivity contribution in [1.29, 1.82) is 0 Å². The van der Waals surface area contributed by atoms with Gasteiger partial charge in [0, 0.05) is 16.6 Å². The zero-order valence-corrected chi connectivity index (χ0v) is 9.19. The number of benzene rings is 1. The van der Waals surface area contributed by atoms with Gasteiger partial charge in [-0.3, -0.25) is 0 Å². The summed E-state index contributed by atoms with van der Waals surface area (Å²) in [4.78, 5) is 4.43. The quantitative estimate of drug-likeness (QED) is 0.726. The SMILES string of the molecule is CCc1[c]cc(-c2nc(C)cs2)cc1. The lowest BCUT2D eigenvalue weighted by molar-refractivity contribution is 1.14. The standard InChI is InChI=1S/C12H12NS/c1-3-10-4-6-11(7-5-10)12-13-9(2)8-14-12/h4,6-8H,3H2,1-2H3. The van der Waals surface area contributed by atoms with Crippen LogP contribution in [0.1, 0.15) is 18.2 Å². The number of hydrogen-bond acceptors (Lipinski definition) is 2. The molecule has 0 bridgehead atoms. The van der Waals surface area contributed by atoms with E-state index in [0.717, 1.165) is 17.1 Å². The normalized spacial score (nSPS) is 10.4. The molecule has 0 aliphatic rings. The van der Waals surface area contributed by atoms with Crippen molar-refractivity contribution in [3.63, 3.8) is 0 Å². The lowest BCUT2D eigenvalue weighted by Crippen LogP contribution is -1.81. The number of aryl methyl sites for hydroxylation is 2. The fourth-order valence-corrected chi connectivity index (χ4v) is 2.09. The van der Waals surface area contributed by atoms with Crippen LogP contribution in [0.2, 0.25) is 0 Å². The van der Waals surface area contributed by atoms with Crippen LogP contribution in [0, 0.1) is 13.0 Å². The van der Waals surface area contributed by atoms with Gasteiger partial charge in [-0.05, 0) is 31.0 Å². The molecular formula is C12H12NS. The van der Waals surface area contributed by atoms with Gasteiger partial charge in [0.15, 0.2) is 0 Å². The van der Waals surface area contributed by atoms with Crippen LogP contribution in [0.4, 0.5) is 0 Å². The molecule has 1 heterocycles. The summed E-state index contributed by atoms with van der Waals surface area (Å²) in [6.45, 7) is 4.16. The Balaban J connectivity index is 2.33. The molecule has 1 nitrogen and oxygen atoms in total. The van der Waals surface area contributed by atoms with Gasteiger partial charge >= 0.3 is 0 Å². The zero-order valence-electron chi connectivity index (χ0n) is 8.37. The van der Waals surface area contributed by atoms with E-state index in [1.807, 2.05) is 13.0 Å². The molecule has 0 amide bonds. The Morgan fingerprint density at radius 2 is 2.29 bits per heavy atom. The summed E-state index contributed by atoms with van der Waals surface area (Å²) in [7, 11) is 0. The minimum atomic E-state index is 1.04. The van der Waals surface area contributed by atoms with Gasteiger partial charge in [-0.25, -0.2) is 4.98 Å². The van der Waals surface area contributed by atoms with Gasteiger partial charge < -0.3 is 0 Å². The molecule has 0 unspecified atom stereocenters. The van der Waals surface area contributed by atoms with E-state index in [4.69, 9.17) is 0 Å². The molecule has 0 N–H and O–H groups in total. The molecule has 71 valence electrons. The van der Waals surface area contributed by atoms with E-state index in [-0.39, 0.29) is 0 Å². The lowest BCUT2D eigenvalue weighted by Gasteiger charge is -1.97. The summed E-state index contributed by atoms with van der Waals surface area (Å²) < 4.78 is 0. The van der Waals surface area contributed by atoms with Crippen molar-refractivity contribution in [2.24, 2.45) is 0 Å². The van der Waals surface area contributed by atoms with Gasteiger partial charge in [0.2, 0.25) is 0 Å². The van der Waals surface area contributed by atoms with Gasteiger partial charge in [-0.2, -0.15) is 0 Å². The largest absolute Gasteiger partial charge is 0.241 e. The fraction of sp³-hybridized carbons (Fsp3) is 0.250. The van der Waals surface area contributed by atoms with Gasteiger partial charge in [-0.15, -0.1) is 11.3 Å². The topological polar surface area (TPSA) is 12.9 Å². The molecule has 14 heavy (non-hydrogen) atoms. The molecular weight excluding hydrogens is 190 g/mol. The molecule has 1 aromatic carbocycles. The third kappa shape index (κ3) is 1.85. The van der Waals surface area contributed by atoms with E-state index in [0.29, 0.717) is 0 Å². The molecule has 0 saturated heterocycles. The molecule has 2 rings (SSSR count). The molecule has 2 aromatic rings. The number of rotatable bonds is 2. The van der Waals surface area contributed by atoms with Crippen LogP contribution in [-0.4, -0.2) is 4.98 Å².